The number of hydrogen-bond acceptors (Lipinski definition) is 8. The van der Waals surface area contributed by atoms with Crippen molar-refractivity contribution < 1.29 is 18.3 Å². The molecule has 7 heterocycles. The summed E-state index contributed by atoms with van der Waals surface area (Å²) in [5.41, 5.74) is 1.57. The summed E-state index contributed by atoms with van der Waals surface area (Å²) in [5, 5.41) is 4.82. The van der Waals surface area contributed by atoms with E-state index in [9.17, 15) is 4.39 Å². The molecule has 42 heavy (non-hydrogen) atoms. The van der Waals surface area contributed by atoms with Crippen LogP contribution in [0.3, 0.4) is 0 Å². The summed E-state index contributed by atoms with van der Waals surface area (Å²) in [6, 6.07) is 6.29. The first-order valence-corrected chi connectivity index (χ1v) is 15.7. The zero-order chi connectivity index (χ0) is 28.2. The highest BCUT2D eigenvalue weighted by Gasteiger charge is 2.50. The molecule has 6 aliphatic rings. The van der Waals surface area contributed by atoms with Crippen LogP contribution in [0, 0.1) is 5.82 Å². The zero-order valence-corrected chi connectivity index (χ0v) is 24.0. The van der Waals surface area contributed by atoms with Crippen LogP contribution in [0.4, 0.5) is 14.6 Å². The second-order valence-corrected chi connectivity index (χ2v) is 13.5. The lowest BCUT2D eigenvalue weighted by molar-refractivity contribution is 0.107. The summed E-state index contributed by atoms with van der Waals surface area (Å²) < 4.78 is 44.0. The number of fused-ring (bicyclic) bond motifs is 6. The van der Waals surface area contributed by atoms with Crippen LogP contribution in [0.15, 0.2) is 18.2 Å². The predicted octanol–water partition coefficient (Wildman–Crippen LogP) is 5.02. The molecule has 5 fully saturated rings. The van der Waals surface area contributed by atoms with E-state index >= 15 is 4.39 Å². The summed E-state index contributed by atoms with van der Waals surface area (Å²) in [6.45, 7) is 2.72. The molecular weight excluding hydrogens is 562 g/mol. The van der Waals surface area contributed by atoms with Crippen molar-refractivity contribution in [2.45, 2.75) is 80.7 Å². The number of ether oxygens (including phenoxy) is 2. The normalized spacial score (nSPS) is 31.6. The van der Waals surface area contributed by atoms with Crippen molar-refractivity contribution in [1.82, 2.24) is 25.2 Å². The molecule has 0 amide bonds. The fraction of sp³-hybridized carbons (Fsp3) is 0.581. The SMILES string of the molecule is Fc1c(-c2cccc(Cl)c2C2CC2)nc2c3c(nc(OC[C@@]45CCCN4C[C@H](F)C5)nc13)N1C[C@@H]3CC[C@@H](N3)C1CO2. The smallest absolute Gasteiger partial charge is 0.319 e. The molecule has 5 aliphatic heterocycles. The maximum atomic E-state index is 16.8. The quantitative estimate of drug-likeness (QED) is 0.442. The fourth-order valence-corrected chi connectivity index (χ4v) is 8.67. The van der Waals surface area contributed by atoms with Gasteiger partial charge in [0.05, 0.1) is 11.6 Å². The van der Waals surface area contributed by atoms with Gasteiger partial charge in [0.2, 0.25) is 5.88 Å². The molecule has 220 valence electrons. The molecule has 1 aliphatic carbocycles. The Kier molecular flexibility index (Phi) is 5.70. The number of benzene rings is 1. The number of aromatic nitrogens is 3. The number of pyridine rings is 1. The molecule has 9 rings (SSSR count). The van der Waals surface area contributed by atoms with Crippen LogP contribution in [0.25, 0.3) is 22.2 Å². The summed E-state index contributed by atoms with van der Waals surface area (Å²) in [6.07, 6.45) is 5.62. The third kappa shape index (κ3) is 3.87. The maximum Gasteiger partial charge on any atom is 0.319 e. The number of anilines is 1. The van der Waals surface area contributed by atoms with Gasteiger partial charge in [-0.3, -0.25) is 4.90 Å². The van der Waals surface area contributed by atoms with Crippen molar-refractivity contribution >= 4 is 28.3 Å². The number of nitrogens with zero attached hydrogens (tertiary/aromatic N) is 5. The summed E-state index contributed by atoms with van der Waals surface area (Å²) in [7, 11) is 0. The lowest BCUT2D eigenvalue weighted by atomic mass is 9.95. The Balaban J connectivity index is 1.20. The molecule has 5 atom stereocenters. The van der Waals surface area contributed by atoms with Gasteiger partial charge in [-0.15, -0.1) is 0 Å². The van der Waals surface area contributed by atoms with E-state index in [0.29, 0.717) is 59.2 Å². The van der Waals surface area contributed by atoms with Crippen molar-refractivity contribution in [3.63, 3.8) is 0 Å². The molecule has 8 nitrogen and oxygen atoms in total. The Labute approximate surface area is 247 Å². The summed E-state index contributed by atoms with van der Waals surface area (Å²) >= 11 is 6.65. The third-order valence-corrected chi connectivity index (χ3v) is 10.8. The Morgan fingerprint density at radius 1 is 1.14 bits per heavy atom. The van der Waals surface area contributed by atoms with E-state index in [4.69, 9.17) is 31.0 Å². The van der Waals surface area contributed by atoms with Crippen LogP contribution in [-0.4, -0.2) is 82.5 Å². The van der Waals surface area contributed by atoms with Crippen LogP contribution < -0.4 is 19.7 Å². The summed E-state index contributed by atoms with van der Waals surface area (Å²) in [5.74, 6) is 0.705. The van der Waals surface area contributed by atoms with E-state index in [1.807, 2.05) is 18.2 Å². The standard InChI is InChI=1S/C31H33ClF2N6O2/c32-20-4-1-3-19(23(20)16-5-6-16)26-25(34)27-24-28(40-13-18-7-8-21(35-18)22(40)14-41-29(24)36-26)38-30(37-27)42-15-31-9-2-10-39(31)12-17(33)11-31/h1,3-4,16-18,21-22,35H,2,5-15H2/t17-,18+,21-,22?,31+/m1/s1. The number of alkyl halides is 1. The number of hydrogen-bond donors (Lipinski definition) is 1. The van der Waals surface area contributed by atoms with Gasteiger partial charge in [0.25, 0.3) is 0 Å². The van der Waals surface area contributed by atoms with Crippen molar-refractivity contribution in [3.8, 4) is 23.1 Å². The molecule has 4 saturated heterocycles. The molecule has 2 bridgehead atoms. The molecule has 1 saturated carbocycles. The van der Waals surface area contributed by atoms with Crippen molar-refractivity contribution in [3.05, 3.63) is 34.6 Å². The number of piperazine rings is 1. The van der Waals surface area contributed by atoms with E-state index < -0.39 is 12.0 Å². The second-order valence-electron chi connectivity index (χ2n) is 13.1. The van der Waals surface area contributed by atoms with Gasteiger partial charge in [-0.05, 0) is 62.6 Å². The zero-order valence-electron chi connectivity index (χ0n) is 23.3. The molecular formula is C31H33ClF2N6O2. The number of rotatable bonds is 5. The topological polar surface area (TPSA) is 75.6 Å². The monoisotopic (exact) mass is 594 g/mol. The van der Waals surface area contributed by atoms with Gasteiger partial charge in [-0.1, -0.05) is 23.7 Å². The highest BCUT2D eigenvalue weighted by molar-refractivity contribution is 6.32. The molecule has 1 aromatic carbocycles. The first kappa shape index (κ1) is 25.7. The van der Waals surface area contributed by atoms with Gasteiger partial charge in [-0.2, -0.15) is 9.97 Å². The average molecular weight is 595 g/mol. The van der Waals surface area contributed by atoms with Gasteiger partial charge >= 0.3 is 6.01 Å². The number of nitrogens with one attached hydrogen (secondary N) is 1. The van der Waals surface area contributed by atoms with Crippen LogP contribution in [-0.2, 0) is 0 Å². The first-order chi connectivity index (χ1) is 20.5. The van der Waals surface area contributed by atoms with Crippen LogP contribution in [0.5, 0.6) is 11.9 Å². The molecule has 1 N–H and O–H groups in total. The highest BCUT2D eigenvalue weighted by Crippen LogP contribution is 2.49. The minimum Gasteiger partial charge on any atom is -0.475 e. The fourth-order valence-electron chi connectivity index (χ4n) is 8.34. The Bertz CT molecular complexity index is 1610. The molecule has 0 radical (unpaired) electrons. The van der Waals surface area contributed by atoms with Crippen molar-refractivity contribution in [1.29, 1.82) is 0 Å². The molecule has 11 heteroatoms. The van der Waals surface area contributed by atoms with Crippen LogP contribution in [0.2, 0.25) is 5.02 Å². The van der Waals surface area contributed by atoms with E-state index in [2.05, 4.69) is 20.1 Å². The van der Waals surface area contributed by atoms with Gasteiger partial charge in [0, 0.05) is 42.2 Å². The lowest BCUT2D eigenvalue weighted by Gasteiger charge is -2.40. The van der Waals surface area contributed by atoms with Crippen LogP contribution >= 0.6 is 11.6 Å². The van der Waals surface area contributed by atoms with Gasteiger partial charge in [-0.25, -0.2) is 13.8 Å². The number of halogens is 3. The van der Waals surface area contributed by atoms with Gasteiger partial charge in [0.15, 0.2) is 5.82 Å². The first-order valence-electron chi connectivity index (χ1n) is 15.3. The molecule has 0 spiro atoms. The molecule has 1 unspecified atom stereocenters. The van der Waals surface area contributed by atoms with Gasteiger partial charge < -0.3 is 19.7 Å². The van der Waals surface area contributed by atoms with Crippen LogP contribution in [0.1, 0.15) is 56.4 Å². The predicted molar refractivity (Wildman–Crippen MR) is 155 cm³/mol. The Morgan fingerprint density at radius 3 is 2.93 bits per heavy atom. The maximum absolute atomic E-state index is 16.8. The minimum absolute atomic E-state index is 0.0228. The summed E-state index contributed by atoms with van der Waals surface area (Å²) in [4.78, 5) is 18.9. The van der Waals surface area contributed by atoms with Gasteiger partial charge in [0.1, 0.15) is 41.8 Å². The van der Waals surface area contributed by atoms with E-state index in [-0.39, 0.29) is 41.5 Å². The van der Waals surface area contributed by atoms with E-state index in [0.717, 1.165) is 57.2 Å². The van der Waals surface area contributed by atoms with E-state index in [1.165, 1.54) is 0 Å². The highest BCUT2D eigenvalue weighted by atomic mass is 35.5. The van der Waals surface area contributed by atoms with Crippen molar-refractivity contribution in [2.24, 2.45) is 0 Å². The largest absolute Gasteiger partial charge is 0.475 e. The second kappa shape index (κ2) is 9.34. The molecule has 3 aromatic rings. The van der Waals surface area contributed by atoms with E-state index in [1.54, 1.807) is 0 Å². The lowest BCUT2D eigenvalue weighted by Crippen LogP contribution is -2.60. The Morgan fingerprint density at radius 2 is 2.05 bits per heavy atom. The molecule has 2 aromatic heterocycles. The Hall–Kier alpha value is -2.82. The minimum atomic E-state index is -0.864. The third-order valence-electron chi connectivity index (χ3n) is 10.5. The average Bonchev–Trinajstić information content (AvgIpc) is 3.57. The van der Waals surface area contributed by atoms with Crippen molar-refractivity contribution in [2.75, 3.05) is 37.7 Å².